The summed E-state index contributed by atoms with van der Waals surface area (Å²) in [5.41, 5.74) is 2.54. The summed E-state index contributed by atoms with van der Waals surface area (Å²) < 4.78 is 11.0. The Morgan fingerprint density at radius 1 is 0.647 bits per heavy atom. The van der Waals surface area contributed by atoms with Gasteiger partial charge >= 0.3 is 11.9 Å². The van der Waals surface area contributed by atoms with Crippen molar-refractivity contribution in [2.45, 2.75) is 78.1 Å². The Morgan fingerprint density at radius 2 is 1.09 bits per heavy atom. The Balaban J connectivity index is 2.05. The molecule has 2 rings (SSSR count). The van der Waals surface area contributed by atoms with Gasteiger partial charge in [-0.2, -0.15) is 0 Å². The maximum Gasteiger partial charge on any atom is 0.320 e. The fourth-order valence-corrected chi connectivity index (χ4v) is 4.16. The Kier molecular flexibility index (Phi) is 13.7. The second-order valence-electron chi connectivity index (χ2n) is 9.12. The molecule has 0 N–H and O–H groups in total. The van der Waals surface area contributed by atoms with Crippen molar-refractivity contribution in [1.82, 2.24) is 0 Å². The van der Waals surface area contributed by atoms with Gasteiger partial charge in [0.2, 0.25) is 0 Å². The summed E-state index contributed by atoms with van der Waals surface area (Å²) in [6, 6.07) is 20.8. The van der Waals surface area contributed by atoms with Crippen LogP contribution in [0.3, 0.4) is 0 Å². The number of benzene rings is 2. The summed E-state index contributed by atoms with van der Waals surface area (Å²) in [7, 11) is 0. The van der Waals surface area contributed by atoms with Gasteiger partial charge in [0, 0.05) is 0 Å². The minimum absolute atomic E-state index is 0.313. The molecule has 2 aromatic rings. The van der Waals surface area contributed by atoms with Crippen LogP contribution in [-0.2, 0) is 31.9 Å². The van der Waals surface area contributed by atoms with Gasteiger partial charge in [0.25, 0.3) is 0 Å². The minimum atomic E-state index is -0.850. The van der Waals surface area contributed by atoms with Crippen molar-refractivity contribution in [3.63, 3.8) is 0 Å². The Morgan fingerprint density at radius 3 is 1.50 bits per heavy atom. The maximum atomic E-state index is 12.8. The molecule has 0 amide bonds. The van der Waals surface area contributed by atoms with E-state index in [-0.39, 0.29) is 0 Å². The van der Waals surface area contributed by atoms with Crippen molar-refractivity contribution in [3.8, 4) is 0 Å². The third-order valence-corrected chi connectivity index (χ3v) is 6.15. The molecule has 186 valence electrons. The van der Waals surface area contributed by atoms with Gasteiger partial charge in [-0.15, -0.1) is 0 Å². The van der Waals surface area contributed by atoms with Gasteiger partial charge in [-0.05, 0) is 55.6 Å². The van der Waals surface area contributed by atoms with Crippen LogP contribution >= 0.6 is 0 Å². The van der Waals surface area contributed by atoms with Crippen LogP contribution in [0.5, 0.6) is 0 Å². The first-order chi connectivity index (χ1) is 16.6. The van der Waals surface area contributed by atoms with Crippen molar-refractivity contribution in [2.75, 3.05) is 13.2 Å². The number of hydrogen-bond donors (Lipinski definition) is 0. The molecule has 0 saturated carbocycles. The van der Waals surface area contributed by atoms with Crippen molar-refractivity contribution in [2.24, 2.45) is 11.8 Å². The predicted molar refractivity (Wildman–Crippen MR) is 137 cm³/mol. The number of unbranched alkanes of at least 4 members (excludes halogenated alkanes) is 4. The molecule has 0 aliphatic carbocycles. The number of carbonyl (C=O) groups excluding carboxylic acids is 2. The molecule has 0 unspecified atom stereocenters. The average Bonchev–Trinajstić information content (AvgIpc) is 2.86. The Bertz CT molecular complexity index is 738. The molecule has 4 heteroatoms. The van der Waals surface area contributed by atoms with E-state index in [2.05, 4.69) is 62.4 Å². The summed E-state index contributed by atoms with van der Waals surface area (Å²) in [5.74, 6) is -1.41. The second-order valence-corrected chi connectivity index (χ2v) is 9.12. The first-order valence-corrected chi connectivity index (χ1v) is 13.0. The average molecular weight is 467 g/mol. The number of rotatable bonds is 17. The molecule has 0 saturated heterocycles. The maximum absolute atomic E-state index is 12.8. The molecule has 0 aliphatic heterocycles. The van der Waals surface area contributed by atoms with Crippen LogP contribution in [-0.4, -0.2) is 25.2 Å². The van der Waals surface area contributed by atoms with Gasteiger partial charge in [0.15, 0.2) is 5.92 Å². The Labute approximate surface area is 206 Å². The largest absolute Gasteiger partial charge is 0.465 e. The predicted octanol–water partition coefficient (Wildman–Crippen LogP) is 6.95. The molecular formula is C30H42O4. The highest BCUT2D eigenvalue weighted by Crippen LogP contribution is 2.23. The summed E-state index contributed by atoms with van der Waals surface area (Å²) in [4.78, 5) is 25.7. The molecular weight excluding hydrogens is 424 g/mol. The SMILES string of the molecule is CCCCCOC(=O)C(CCC(Cc1ccccc1)Cc1ccccc1)C(=O)OCCCCC. The topological polar surface area (TPSA) is 52.6 Å². The lowest BCUT2D eigenvalue weighted by Crippen LogP contribution is -2.29. The molecule has 0 aliphatic rings. The van der Waals surface area contributed by atoms with Crippen molar-refractivity contribution in [1.29, 1.82) is 0 Å². The van der Waals surface area contributed by atoms with E-state index < -0.39 is 17.9 Å². The summed E-state index contributed by atoms with van der Waals surface area (Å²) in [5, 5.41) is 0. The van der Waals surface area contributed by atoms with Crippen LogP contribution in [0.25, 0.3) is 0 Å². The van der Waals surface area contributed by atoms with Crippen LogP contribution in [0.1, 0.15) is 76.3 Å². The number of hydrogen-bond acceptors (Lipinski definition) is 4. The van der Waals surface area contributed by atoms with Crippen LogP contribution in [0, 0.1) is 11.8 Å². The molecule has 2 aromatic carbocycles. The molecule has 0 fully saturated rings. The smallest absolute Gasteiger partial charge is 0.320 e. The van der Waals surface area contributed by atoms with Gasteiger partial charge in [0.1, 0.15) is 0 Å². The molecule has 0 aromatic heterocycles. The standard InChI is InChI=1S/C30H42O4/c1-3-5-13-21-33-29(31)28(30(32)34-22-14-6-4-2)20-19-27(23-25-15-9-7-10-16-25)24-26-17-11-8-12-18-26/h7-12,15-18,27-28H,3-6,13-14,19-24H2,1-2H3. The summed E-state index contributed by atoms with van der Waals surface area (Å²) >= 11 is 0. The monoisotopic (exact) mass is 466 g/mol. The quantitative estimate of drug-likeness (QED) is 0.144. The van der Waals surface area contributed by atoms with Gasteiger partial charge < -0.3 is 9.47 Å². The number of carbonyl (C=O) groups is 2. The molecule has 34 heavy (non-hydrogen) atoms. The van der Waals surface area contributed by atoms with Crippen LogP contribution in [0.4, 0.5) is 0 Å². The minimum Gasteiger partial charge on any atom is -0.465 e. The lowest BCUT2D eigenvalue weighted by molar-refractivity contribution is -0.162. The van der Waals surface area contributed by atoms with Gasteiger partial charge in [-0.1, -0.05) is 100 Å². The van der Waals surface area contributed by atoms with E-state index in [1.807, 2.05) is 12.1 Å². The van der Waals surface area contributed by atoms with Gasteiger partial charge in [-0.3, -0.25) is 9.59 Å². The highest BCUT2D eigenvalue weighted by Gasteiger charge is 2.30. The van der Waals surface area contributed by atoms with Crippen molar-refractivity contribution >= 4 is 11.9 Å². The lowest BCUT2D eigenvalue weighted by Gasteiger charge is -2.21. The van der Waals surface area contributed by atoms with Gasteiger partial charge in [0.05, 0.1) is 13.2 Å². The van der Waals surface area contributed by atoms with Crippen LogP contribution in [0.15, 0.2) is 60.7 Å². The highest BCUT2D eigenvalue weighted by molar-refractivity contribution is 5.94. The fraction of sp³-hybridized carbons (Fsp3) is 0.533. The third kappa shape index (κ3) is 11.0. The van der Waals surface area contributed by atoms with E-state index in [0.717, 1.165) is 57.8 Å². The molecule has 0 spiro atoms. The van der Waals surface area contributed by atoms with E-state index in [9.17, 15) is 9.59 Å². The van der Waals surface area contributed by atoms with Gasteiger partial charge in [-0.25, -0.2) is 0 Å². The lowest BCUT2D eigenvalue weighted by atomic mass is 9.86. The number of esters is 2. The molecule has 0 heterocycles. The van der Waals surface area contributed by atoms with E-state index in [1.165, 1.54) is 11.1 Å². The Hall–Kier alpha value is -2.62. The highest BCUT2D eigenvalue weighted by atomic mass is 16.6. The zero-order valence-electron chi connectivity index (χ0n) is 21.0. The summed E-state index contributed by atoms with van der Waals surface area (Å²) in [6.45, 7) is 4.95. The molecule has 0 radical (unpaired) electrons. The molecule has 0 atom stereocenters. The summed E-state index contributed by atoms with van der Waals surface area (Å²) in [6.07, 6.45) is 8.79. The van der Waals surface area contributed by atoms with E-state index in [1.54, 1.807) is 0 Å². The van der Waals surface area contributed by atoms with Crippen LogP contribution in [0.2, 0.25) is 0 Å². The van der Waals surface area contributed by atoms with E-state index in [4.69, 9.17) is 9.47 Å². The normalized spacial score (nSPS) is 11.1. The second kappa shape index (κ2) is 16.9. The number of ether oxygens (including phenoxy) is 2. The van der Waals surface area contributed by atoms with E-state index >= 15 is 0 Å². The van der Waals surface area contributed by atoms with E-state index in [0.29, 0.717) is 25.6 Å². The first-order valence-electron chi connectivity index (χ1n) is 13.0. The fourth-order valence-electron chi connectivity index (χ4n) is 4.16. The molecule has 4 nitrogen and oxygen atoms in total. The zero-order valence-corrected chi connectivity index (χ0v) is 21.0. The first kappa shape index (κ1) is 27.6. The van der Waals surface area contributed by atoms with Crippen molar-refractivity contribution in [3.05, 3.63) is 71.8 Å². The molecule has 0 bridgehead atoms. The van der Waals surface area contributed by atoms with Crippen LogP contribution < -0.4 is 0 Å². The third-order valence-electron chi connectivity index (χ3n) is 6.15. The van der Waals surface area contributed by atoms with Crippen molar-refractivity contribution < 1.29 is 19.1 Å². The zero-order chi connectivity index (χ0) is 24.4.